The quantitative estimate of drug-likeness (QED) is 0.206. The van der Waals surface area contributed by atoms with Crippen LogP contribution in [-0.2, 0) is 5.41 Å². The Bertz CT molecular complexity index is 2100. The van der Waals surface area contributed by atoms with Crippen LogP contribution in [0.1, 0.15) is 35.1 Å². The number of fused-ring (bicyclic) bond motifs is 3. The van der Waals surface area contributed by atoms with Crippen LogP contribution in [0.5, 0.6) is 0 Å². The molecule has 1 heterocycles. The molecule has 0 bridgehead atoms. The SMILES string of the molecule is N#Cc1c(-c2ccccc2)nc(-c2ccc3c(c2)C(C2=CC=CCC2)(c2ccccc2)c2ccccc2-3)nc1-c1ccccc1. The van der Waals surface area contributed by atoms with E-state index in [1.807, 2.05) is 60.7 Å². The van der Waals surface area contributed by atoms with Crippen molar-refractivity contribution in [3.8, 4) is 51.1 Å². The lowest BCUT2D eigenvalue weighted by Gasteiger charge is -2.36. The van der Waals surface area contributed by atoms with Gasteiger partial charge in [-0.25, -0.2) is 9.97 Å². The largest absolute Gasteiger partial charge is 0.227 e. The lowest BCUT2D eigenvalue weighted by atomic mass is 9.65. The Morgan fingerprint density at radius 3 is 1.82 bits per heavy atom. The number of nitrogens with zero attached hydrogens (tertiary/aromatic N) is 3. The van der Waals surface area contributed by atoms with Crippen molar-refractivity contribution in [1.82, 2.24) is 9.97 Å². The number of nitriles is 1. The molecule has 0 fully saturated rings. The average molecular weight is 576 g/mol. The summed E-state index contributed by atoms with van der Waals surface area (Å²) in [5.74, 6) is 0.602. The van der Waals surface area contributed by atoms with Gasteiger partial charge in [-0.3, -0.25) is 0 Å². The van der Waals surface area contributed by atoms with Gasteiger partial charge in [-0.1, -0.05) is 151 Å². The van der Waals surface area contributed by atoms with Crippen LogP contribution < -0.4 is 0 Å². The van der Waals surface area contributed by atoms with E-state index in [1.165, 1.54) is 33.4 Å². The summed E-state index contributed by atoms with van der Waals surface area (Å²) in [5, 5.41) is 10.4. The van der Waals surface area contributed by atoms with Gasteiger partial charge in [-0.2, -0.15) is 5.26 Å². The number of rotatable bonds is 5. The molecular weight excluding hydrogens is 546 g/mol. The maximum Gasteiger partial charge on any atom is 0.160 e. The van der Waals surface area contributed by atoms with Gasteiger partial charge < -0.3 is 0 Å². The highest BCUT2D eigenvalue weighted by atomic mass is 14.9. The third kappa shape index (κ3) is 4.26. The molecule has 5 aromatic carbocycles. The zero-order valence-electron chi connectivity index (χ0n) is 24.7. The van der Waals surface area contributed by atoms with E-state index in [0.717, 1.165) is 29.5 Å². The van der Waals surface area contributed by atoms with Crippen LogP contribution in [0, 0.1) is 11.3 Å². The molecule has 45 heavy (non-hydrogen) atoms. The van der Waals surface area contributed by atoms with E-state index in [2.05, 4.69) is 97.1 Å². The van der Waals surface area contributed by atoms with Crippen molar-refractivity contribution >= 4 is 0 Å². The standard InChI is InChI=1S/C42H29N3/c43-28-36-39(29-15-5-1-6-16-29)44-41(45-40(36)30-17-7-2-8-18-30)31-25-26-35-34-23-13-14-24-37(34)42(38(35)27-31,32-19-9-3-10-20-32)33-21-11-4-12-22-33/h1-11,13-21,23-27H,12,22H2. The first-order valence-corrected chi connectivity index (χ1v) is 15.4. The highest BCUT2D eigenvalue weighted by molar-refractivity contribution is 5.88. The van der Waals surface area contributed by atoms with Gasteiger partial charge in [0.15, 0.2) is 5.82 Å². The topological polar surface area (TPSA) is 49.6 Å². The lowest BCUT2D eigenvalue weighted by Crippen LogP contribution is -2.30. The van der Waals surface area contributed by atoms with Gasteiger partial charge in [0.2, 0.25) is 0 Å². The number of benzene rings is 5. The van der Waals surface area contributed by atoms with Crippen LogP contribution in [0.4, 0.5) is 0 Å². The molecular formula is C42H29N3. The summed E-state index contributed by atoms with van der Waals surface area (Å²) in [5.41, 5.74) is 11.7. The van der Waals surface area contributed by atoms with Crippen molar-refractivity contribution in [2.24, 2.45) is 0 Å². The van der Waals surface area contributed by atoms with E-state index in [4.69, 9.17) is 9.97 Å². The Hall–Kier alpha value is -5.85. The van der Waals surface area contributed by atoms with Crippen LogP contribution in [0.3, 0.4) is 0 Å². The summed E-state index contributed by atoms with van der Waals surface area (Å²) >= 11 is 0. The van der Waals surface area contributed by atoms with Crippen molar-refractivity contribution in [2.45, 2.75) is 18.3 Å². The van der Waals surface area contributed by atoms with Crippen molar-refractivity contribution in [1.29, 1.82) is 5.26 Å². The number of hydrogen-bond acceptors (Lipinski definition) is 3. The Balaban J connectivity index is 1.42. The molecule has 0 amide bonds. The Labute approximate surface area is 263 Å². The van der Waals surface area contributed by atoms with Crippen molar-refractivity contribution < 1.29 is 0 Å². The minimum atomic E-state index is -0.439. The fourth-order valence-electron chi connectivity index (χ4n) is 7.17. The molecule has 0 saturated heterocycles. The van der Waals surface area contributed by atoms with E-state index in [0.29, 0.717) is 22.8 Å². The van der Waals surface area contributed by atoms with Gasteiger partial charge in [0.05, 0.1) is 16.8 Å². The van der Waals surface area contributed by atoms with Crippen LogP contribution in [0.15, 0.2) is 157 Å². The molecule has 1 unspecified atom stereocenters. The van der Waals surface area contributed by atoms with Crippen LogP contribution in [0.25, 0.3) is 45.0 Å². The van der Waals surface area contributed by atoms with Crippen LogP contribution >= 0.6 is 0 Å². The number of aromatic nitrogens is 2. The molecule has 3 nitrogen and oxygen atoms in total. The van der Waals surface area contributed by atoms with Crippen molar-refractivity contribution in [3.05, 3.63) is 180 Å². The van der Waals surface area contributed by atoms with E-state index >= 15 is 0 Å². The van der Waals surface area contributed by atoms with Crippen LogP contribution in [-0.4, -0.2) is 9.97 Å². The summed E-state index contributed by atoms with van der Waals surface area (Å²) in [7, 11) is 0. The summed E-state index contributed by atoms with van der Waals surface area (Å²) in [6.07, 6.45) is 8.76. The first-order chi connectivity index (χ1) is 22.3. The van der Waals surface area contributed by atoms with Crippen LogP contribution in [0.2, 0.25) is 0 Å². The normalized spacial score (nSPS) is 16.4. The minimum absolute atomic E-state index is 0.439. The predicted octanol–water partition coefficient (Wildman–Crippen LogP) is 9.94. The molecule has 0 radical (unpaired) electrons. The third-order valence-corrected chi connectivity index (χ3v) is 9.12. The zero-order valence-corrected chi connectivity index (χ0v) is 24.7. The van der Waals surface area contributed by atoms with E-state index < -0.39 is 5.41 Å². The Morgan fingerprint density at radius 1 is 0.600 bits per heavy atom. The highest BCUT2D eigenvalue weighted by Crippen LogP contribution is 2.58. The monoisotopic (exact) mass is 575 g/mol. The summed E-state index contributed by atoms with van der Waals surface area (Å²) in [6, 6.07) is 48.7. The average Bonchev–Trinajstić information content (AvgIpc) is 3.43. The molecule has 0 spiro atoms. The predicted molar refractivity (Wildman–Crippen MR) is 181 cm³/mol. The minimum Gasteiger partial charge on any atom is -0.227 e. The molecule has 2 aliphatic carbocycles. The smallest absolute Gasteiger partial charge is 0.160 e. The van der Waals surface area contributed by atoms with Gasteiger partial charge in [0, 0.05) is 16.7 Å². The summed E-state index contributed by atoms with van der Waals surface area (Å²) < 4.78 is 0. The van der Waals surface area contributed by atoms with Crippen molar-refractivity contribution in [3.63, 3.8) is 0 Å². The number of hydrogen-bond donors (Lipinski definition) is 0. The van der Waals surface area contributed by atoms with Gasteiger partial charge >= 0.3 is 0 Å². The first kappa shape index (κ1) is 26.8. The second-order valence-corrected chi connectivity index (χ2v) is 11.5. The first-order valence-electron chi connectivity index (χ1n) is 15.4. The molecule has 6 aromatic rings. The fraction of sp³-hybridized carbons (Fsp3) is 0.0714. The Morgan fingerprint density at radius 2 is 1.20 bits per heavy atom. The molecule has 1 aromatic heterocycles. The molecule has 212 valence electrons. The fourth-order valence-corrected chi connectivity index (χ4v) is 7.17. The van der Waals surface area contributed by atoms with Gasteiger partial charge in [0.1, 0.15) is 11.6 Å². The maximum atomic E-state index is 10.4. The van der Waals surface area contributed by atoms with E-state index in [-0.39, 0.29) is 0 Å². The van der Waals surface area contributed by atoms with E-state index in [1.54, 1.807) is 0 Å². The maximum absolute atomic E-state index is 10.4. The van der Waals surface area contributed by atoms with Gasteiger partial charge in [-0.05, 0) is 46.7 Å². The molecule has 8 rings (SSSR count). The molecule has 0 aliphatic heterocycles. The molecule has 2 aliphatic rings. The second kappa shape index (κ2) is 11.0. The molecule has 0 N–H and O–H groups in total. The third-order valence-electron chi connectivity index (χ3n) is 9.12. The zero-order chi connectivity index (χ0) is 30.2. The summed E-state index contributed by atoms with van der Waals surface area (Å²) in [6.45, 7) is 0. The molecule has 0 saturated carbocycles. The lowest BCUT2D eigenvalue weighted by molar-refractivity contribution is 0.693. The Kier molecular flexibility index (Phi) is 6.55. The van der Waals surface area contributed by atoms with E-state index in [9.17, 15) is 5.26 Å². The van der Waals surface area contributed by atoms with Crippen molar-refractivity contribution in [2.75, 3.05) is 0 Å². The summed E-state index contributed by atoms with van der Waals surface area (Å²) in [4.78, 5) is 10.2. The number of allylic oxidation sites excluding steroid dienone is 4. The van der Waals surface area contributed by atoms with Gasteiger partial charge in [-0.15, -0.1) is 0 Å². The highest BCUT2D eigenvalue weighted by Gasteiger charge is 2.47. The molecule has 1 atom stereocenters. The van der Waals surface area contributed by atoms with Gasteiger partial charge in [0.25, 0.3) is 0 Å². The molecule has 3 heteroatoms. The second-order valence-electron chi connectivity index (χ2n) is 11.5.